The van der Waals surface area contributed by atoms with Crippen molar-refractivity contribution < 1.29 is 0 Å². The number of rotatable bonds is 10. The van der Waals surface area contributed by atoms with Gasteiger partial charge in [0.1, 0.15) is 0 Å². The van der Waals surface area contributed by atoms with Gasteiger partial charge in [0.05, 0.1) is 11.4 Å². The third kappa shape index (κ3) is 8.77. The molecule has 0 saturated carbocycles. The number of nitrogens with zero attached hydrogens (tertiary/aromatic N) is 5. The number of hydrogen-bond donors (Lipinski definition) is 0. The summed E-state index contributed by atoms with van der Waals surface area (Å²) in [5, 5.41) is 0. The van der Waals surface area contributed by atoms with E-state index >= 15 is 0 Å². The maximum atomic E-state index is 2.88. The van der Waals surface area contributed by atoms with Gasteiger partial charge in [-0.25, -0.2) is 0 Å². The molecule has 14 aromatic rings. The Hall–Kier alpha value is -12.1. The minimum absolute atomic E-state index is 0.137. The predicted molar refractivity (Wildman–Crippen MR) is 422 cm³/mol. The second-order valence-corrected chi connectivity index (χ2v) is 28.2. The van der Waals surface area contributed by atoms with Gasteiger partial charge in [0.15, 0.2) is 0 Å². The van der Waals surface area contributed by atoms with Crippen LogP contribution in [0.15, 0.2) is 345 Å². The van der Waals surface area contributed by atoms with Gasteiger partial charge in [0, 0.05) is 96.9 Å². The normalized spacial score (nSPS) is 16.9. The van der Waals surface area contributed by atoms with Gasteiger partial charge < -0.3 is 24.5 Å². The molecule has 100 heavy (non-hydrogen) atoms. The quantitative estimate of drug-likeness (QED) is 0.0999. The summed E-state index contributed by atoms with van der Waals surface area (Å²) in [6, 6.07) is 127. The summed E-state index contributed by atoms with van der Waals surface area (Å²) in [5.41, 5.74) is 36.3. The highest BCUT2D eigenvalue weighted by atomic mass is 15.2. The fraction of sp³-hybridized carbons (Fsp3) is 0.0753. The molecule has 6 heterocycles. The van der Waals surface area contributed by atoms with Gasteiger partial charge in [0.2, 0.25) is 0 Å². The molecular formula is C93H67B2N5. The molecule has 6 aliphatic heterocycles. The van der Waals surface area contributed by atoms with Crippen LogP contribution in [0.5, 0.6) is 0 Å². The first kappa shape index (κ1) is 57.1. The first-order valence-electron chi connectivity index (χ1n) is 35.7. The van der Waals surface area contributed by atoms with Gasteiger partial charge in [-0.05, 0) is 164 Å². The van der Waals surface area contributed by atoms with Crippen molar-refractivity contribution in [2.45, 2.75) is 37.8 Å². The van der Waals surface area contributed by atoms with E-state index in [4.69, 9.17) is 0 Å². The van der Waals surface area contributed by atoms with Gasteiger partial charge >= 0.3 is 0 Å². The predicted octanol–water partition coefficient (Wildman–Crippen LogP) is 19.9. The van der Waals surface area contributed by atoms with Gasteiger partial charge in [-0.1, -0.05) is 279 Å². The standard InChI is InChI=1S/C93H67B2N5/c1-8-28-63(29-9-1)68-55-86-90-87(56-68)100(93-76(66-34-14-4-15-35-66)44-27-45-77(93)67-36-16-5-17-37-67)85-60-84-80(59-81(85)95(90)79-47-23-25-49-83(79)99(86)92-74(64-30-10-2-11-31-64)42-26-43-75(92)65-32-12-3-13-33-65)94-78-46-22-24-48-82(78)97(69-38-18-6-19-39-69)88-57-73(96-71-51-61-50-62(53-71)54-72(96)52-61)58-89(91(88)94)98(84)70-40-20-7-21-41-70/h1-50,55-61,71-72H,51-54H2. The Labute approximate surface area is 585 Å². The second kappa shape index (κ2) is 22.8. The average molecular weight is 1280 g/mol. The van der Waals surface area contributed by atoms with Crippen molar-refractivity contribution >= 4 is 120 Å². The number of benzene rings is 14. The van der Waals surface area contributed by atoms with Crippen LogP contribution < -0.4 is 57.3 Å². The van der Waals surface area contributed by atoms with E-state index in [1.165, 1.54) is 74.1 Å². The number of fused-ring (bicyclic) bond motifs is 8. The van der Waals surface area contributed by atoms with Crippen molar-refractivity contribution in [2.75, 3.05) is 24.5 Å². The highest BCUT2D eigenvalue weighted by Crippen LogP contribution is 2.56. The van der Waals surface area contributed by atoms with Crippen molar-refractivity contribution in [2.24, 2.45) is 5.92 Å². The van der Waals surface area contributed by atoms with Crippen molar-refractivity contribution in [1.82, 2.24) is 0 Å². The number of hydrogen-bond acceptors (Lipinski definition) is 5. The molecule has 0 N–H and O–H groups in total. The molecule has 4 bridgehead atoms. The van der Waals surface area contributed by atoms with Crippen LogP contribution in [0.3, 0.4) is 0 Å². The summed E-state index contributed by atoms with van der Waals surface area (Å²) < 4.78 is 0. The van der Waals surface area contributed by atoms with Crippen molar-refractivity contribution in [3.05, 3.63) is 345 Å². The van der Waals surface area contributed by atoms with Gasteiger partial charge in [-0.2, -0.15) is 0 Å². The maximum absolute atomic E-state index is 2.88. The Bertz CT molecular complexity index is 5480. The number of anilines is 13. The van der Waals surface area contributed by atoms with E-state index in [0.29, 0.717) is 18.0 Å². The SMILES string of the molecule is C1=C2CC3CC1CC(C2)N3c1cc2c3c(c1)N(c1ccccc1)c1cc4c(cc1B3c1ccccc1N2c1ccccc1)B1c2ccccc2N(c2c(-c3ccccc3)cccc2-c2ccccc2)c2cc(-c3ccccc3)cc(c21)N4c1c(-c2ccccc2)cccc1-c1ccccc1. The Balaban J connectivity index is 0.915. The molecule has 8 aliphatic rings. The van der Waals surface area contributed by atoms with E-state index in [0.717, 1.165) is 114 Å². The summed E-state index contributed by atoms with van der Waals surface area (Å²) in [6.07, 6.45) is 7.32. The highest BCUT2D eigenvalue weighted by molar-refractivity contribution is 7.03. The van der Waals surface area contributed by atoms with Crippen molar-refractivity contribution in [1.29, 1.82) is 0 Å². The number of piperidine rings is 2. The molecule has 2 aliphatic carbocycles. The first-order chi connectivity index (χ1) is 49.6. The minimum atomic E-state index is -0.222. The lowest BCUT2D eigenvalue weighted by molar-refractivity contribution is 0.265. The molecule has 2 unspecified atom stereocenters. The Kier molecular flexibility index (Phi) is 13.0. The van der Waals surface area contributed by atoms with Crippen molar-refractivity contribution in [3.8, 4) is 55.6 Å². The van der Waals surface area contributed by atoms with Crippen LogP contribution >= 0.6 is 0 Å². The smallest absolute Gasteiger partial charge is 0.252 e. The molecule has 0 spiro atoms. The zero-order valence-corrected chi connectivity index (χ0v) is 55.3. The van der Waals surface area contributed by atoms with E-state index in [1.807, 2.05) is 0 Å². The molecule has 0 aromatic heterocycles. The van der Waals surface area contributed by atoms with E-state index in [9.17, 15) is 0 Å². The van der Waals surface area contributed by atoms with E-state index in [1.54, 1.807) is 5.57 Å². The molecule has 2 saturated heterocycles. The molecule has 0 radical (unpaired) electrons. The molecule has 7 heteroatoms. The van der Waals surface area contributed by atoms with E-state index in [-0.39, 0.29) is 13.4 Å². The molecule has 14 aromatic carbocycles. The summed E-state index contributed by atoms with van der Waals surface area (Å²) in [5.74, 6) is 0.661. The van der Waals surface area contributed by atoms with Crippen LogP contribution in [0.25, 0.3) is 55.6 Å². The summed E-state index contributed by atoms with van der Waals surface area (Å²) >= 11 is 0. The zero-order chi connectivity index (χ0) is 65.5. The molecule has 2 fully saturated rings. The van der Waals surface area contributed by atoms with Gasteiger partial charge in [0.25, 0.3) is 13.4 Å². The molecule has 0 amide bonds. The fourth-order valence-corrected chi connectivity index (χ4v) is 18.9. The first-order valence-corrected chi connectivity index (χ1v) is 35.7. The molecule has 470 valence electrons. The lowest BCUT2D eigenvalue weighted by Crippen LogP contribution is -2.65. The van der Waals surface area contributed by atoms with Gasteiger partial charge in [-0.3, -0.25) is 0 Å². The Morgan fingerprint density at radius 3 is 1.03 bits per heavy atom. The summed E-state index contributed by atoms with van der Waals surface area (Å²) in [7, 11) is 0. The lowest BCUT2D eigenvalue weighted by atomic mass is 9.30. The number of allylic oxidation sites excluding steroid dienone is 1. The van der Waals surface area contributed by atoms with Crippen LogP contribution in [-0.2, 0) is 0 Å². The molecule has 2 atom stereocenters. The lowest BCUT2D eigenvalue weighted by Gasteiger charge is -2.54. The third-order valence-electron chi connectivity index (χ3n) is 22.8. The second-order valence-electron chi connectivity index (χ2n) is 28.2. The van der Waals surface area contributed by atoms with E-state index < -0.39 is 0 Å². The fourth-order valence-electron chi connectivity index (χ4n) is 18.9. The van der Waals surface area contributed by atoms with E-state index in [2.05, 4.69) is 364 Å². The third-order valence-corrected chi connectivity index (χ3v) is 22.8. The van der Waals surface area contributed by atoms with Crippen LogP contribution in [0.1, 0.15) is 25.7 Å². The van der Waals surface area contributed by atoms with Crippen LogP contribution in [0, 0.1) is 5.92 Å². The minimum Gasteiger partial charge on any atom is -0.365 e. The molecule has 5 nitrogen and oxygen atoms in total. The topological polar surface area (TPSA) is 16.2 Å². The largest absolute Gasteiger partial charge is 0.365 e. The number of para-hydroxylation sites is 6. The zero-order valence-electron chi connectivity index (χ0n) is 55.3. The highest BCUT2D eigenvalue weighted by Gasteiger charge is 2.51. The average Bonchev–Trinajstić information content (AvgIpc) is 0.683. The van der Waals surface area contributed by atoms with Gasteiger partial charge in [-0.15, -0.1) is 0 Å². The van der Waals surface area contributed by atoms with Crippen LogP contribution in [0.2, 0.25) is 0 Å². The van der Waals surface area contributed by atoms with Crippen LogP contribution in [0.4, 0.5) is 73.9 Å². The van der Waals surface area contributed by atoms with Crippen molar-refractivity contribution in [3.63, 3.8) is 0 Å². The molecule has 22 rings (SSSR count). The monoisotopic (exact) mass is 1280 g/mol. The Morgan fingerprint density at radius 2 is 0.600 bits per heavy atom. The van der Waals surface area contributed by atoms with Crippen LogP contribution in [-0.4, -0.2) is 25.5 Å². The summed E-state index contributed by atoms with van der Waals surface area (Å²) in [4.78, 5) is 13.5. The maximum Gasteiger partial charge on any atom is 0.252 e. The summed E-state index contributed by atoms with van der Waals surface area (Å²) in [6.45, 7) is -0.359. The molecular weight excluding hydrogens is 1210 g/mol. The Morgan fingerprint density at radius 1 is 0.250 bits per heavy atom.